The highest BCUT2D eigenvalue weighted by Crippen LogP contribution is 2.15. The summed E-state index contributed by atoms with van der Waals surface area (Å²) in [5.41, 5.74) is 0.448. The topological polar surface area (TPSA) is 71.1 Å². The summed E-state index contributed by atoms with van der Waals surface area (Å²) in [5.74, 6) is -0.985. The van der Waals surface area contributed by atoms with Gasteiger partial charge in [0.1, 0.15) is 11.9 Å². The molecule has 18 heavy (non-hydrogen) atoms. The van der Waals surface area contributed by atoms with E-state index in [0.29, 0.717) is 17.3 Å². The molecule has 1 aromatic heterocycles. The predicted molar refractivity (Wildman–Crippen MR) is 66.6 cm³/mol. The molecule has 2 heterocycles. The van der Waals surface area contributed by atoms with Crippen molar-refractivity contribution < 1.29 is 14.0 Å². The van der Waals surface area contributed by atoms with Crippen molar-refractivity contribution in [1.82, 2.24) is 10.3 Å². The Kier molecular flexibility index (Phi) is 3.90. The molecule has 0 aromatic carbocycles. The molecule has 5 nitrogen and oxygen atoms in total. The molecule has 96 valence electrons. The Morgan fingerprint density at radius 3 is 2.89 bits per heavy atom. The minimum Gasteiger partial charge on any atom is -0.358 e. The van der Waals surface area contributed by atoms with E-state index in [0.717, 1.165) is 0 Å². The zero-order chi connectivity index (χ0) is 13.1. The third kappa shape index (κ3) is 2.84. The van der Waals surface area contributed by atoms with Crippen LogP contribution in [0.15, 0.2) is 12.1 Å². The summed E-state index contributed by atoms with van der Waals surface area (Å²) in [6, 6.07) is 2.64. The lowest BCUT2D eigenvalue weighted by Crippen LogP contribution is -2.47. The van der Waals surface area contributed by atoms with Crippen molar-refractivity contribution in [2.24, 2.45) is 0 Å². The molecule has 0 saturated carbocycles. The van der Waals surface area contributed by atoms with E-state index in [2.05, 4.69) is 31.5 Å². The number of nitrogens with zero attached hydrogens (tertiary/aromatic N) is 1. The molecule has 2 N–H and O–H groups in total. The molecule has 1 unspecified atom stereocenters. The van der Waals surface area contributed by atoms with Crippen LogP contribution in [0, 0.1) is 5.95 Å². The van der Waals surface area contributed by atoms with Crippen LogP contribution in [-0.4, -0.2) is 22.8 Å². The zero-order valence-electron chi connectivity index (χ0n) is 9.37. The highest BCUT2D eigenvalue weighted by atomic mass is 79.9. The van der Waals surface area contributed by atoms with Gasteiger partial charge in [-0.05, 0) is 18.6 Å². The Bertz CT molecular complexity index is 495. The van der Waals surface area contributed by atoms with Crippen molar-refractivity contribution in [2.45, 2.75) is 24.2 Å². The van der Waals surface area contributed by atoms with Crippen LogP contribution in [0.5, 0.6) is 0 Å². The molecule has 1 atom stereocenters. The first-order valence-corrected chi connectivity index (χ1v) is 6.54. The number of hydrogen-bond acceptors (Lipinski definition) is 4. The van der Waals surface area contributed by atoms with Gasteiger partial charge in [-0.2, -0.15) is 4.39 Å². The number of carbonyl (C=O) groups is 2. The summed E-state index contributed by atoms with van der Waals surface area (Å²) < 4.78 is 13.4. The van der Waals surface area contributed by atoms with Gasteiger partial charge >= 0.3 is 0 Å². The van der Waals surface area contributed by atoms with Gasteiger partial charge in [-0.1, -0.05) is 15.9 Å². The number of carbonyl (C=O) groups excluding carboxylic acids is 2. The molecule has 1 aliphatic rings. The lowest BCUT2D eigenvalue weighted by atomic mass is 10.1. The summed E-state index contributed by atoms with van der Waals surface area (Å²) in [6.45, 7) is 0. The van der Waals surface area contributed by atoms with Crippen LogP contribution in [0.1, 0.15) is 18.4 Å². The molecule has 0 aliphatic carbocycles. The summed E-state index contributed by atoms with van der Waals surface area (Å²) >= 11 is 3.15. The summed E-state index contributed by atoms with van der Waals surface area (Å²) in [6.07, 6.45) is 0.652. The number of imide groups is 1. The van der Waals surface area contributed by atoms with E-state index in [4.69, 9.17) is 0 Å². The molecule has 1 fully saturated rings. The van der Waals surface area contributed by atoms with Crippen LogP contribution < -0.4 is 10.6 Å². The van der Waals surface area contributed by atoms with Crippen molar-refractivity contribution in [2.75, 3.05) is 5.32 Å². The number of amides is 2. The van der Waals surface area contributed by atoms with E-state index in [1.54, 1.807) is 12.1 Å². The Morgan fingerprint density at radius 1 is 1.50 bits per heavy atom. The second kappa shape index (κ2) is 5.43. The molecule has 1 aliphatic heterocycles. The number of piperidine rings is 1. The maximum atomic E-state index is 13.4. The number of rotatable bonds is 3. The van der Waals surface area contributed by atoms with Crippen LogP contribution in [0.3, 0.4) is 0 Å². The van der Waals surface area contributed by atoms with Gasteiger partial charge < -0.3 is 5.32 Å². The summed E-state index contributed by atoms with van der Waals surface area (Å²) in [7, 11) is 0. The number of alkyl halides is 1. The van der Waals surface area contributed by atoms with Crippen LogP contribution in [0.2, 0.25) is 0 Å². The second-order valence-electron chi connectivity index (χ2n) is 3.93. The Balaban J connectivity index is 2.07. The van der Waals surface area contributed by atoms with Gasteiger partial charge in [0.2, 0.25) is 17.8 Å². The average molecular weight is 316 g/mol. The molecule has 2 amide bonds. The smallest absolute Gasteiger partial charge is 0.249 e. The molecular formula is C11H11BrFN3O2. The van der Waals surface area contributed by atoms with E-state index >= 15 is 0 Å². The Hall–Kier alpha value is -1.50. The lowest BCUT2D eigenvalue weighted by molar-refractivity contribution is -0.133. The van der Waals surface area contributed by atoms with Crippen molar-refractivity contribution in [1.29, 1.82) is 0 Å². The number of pyridine rings is 1. The fourth-order valence-electron chi connectivity index (χ4n) is 1.65. The standard InChI is InChI=1S/C11H11BrFN3O2/c12-5-6-1-3-8(15-10(6)13)14-7-2-4-9(17)16-11(7)18/h1,3,7H,2,4-5H2,(H,14,15)(H,16,17,18). The average Bonchev–Trinajstić information content (AvgIpc) is 2.33. The van der Waals surface area contributed by atoms with E-state index in [-0.39, 0.29) is 18.1 Å². The van der Waals surface area contributed by atoms with E-state index in [1.807, 2.05) is 0 Å². The molecule has 2 rings (SSSR count). The van der Waals surface area contributed by atoms with Crippen molar-refractivity contribution in [3.63, 3.8) is 0 Å². The quantitative estimate of drug-likeness (QED) is 0.501. The highest BCUT2D eigenvalue weighted by molar-refractivity contribution is 9.08. The first kappa shape index (κ1) is 12.9. The zero-order valence-corrected chi connectivity index (χ0v) is 11.0. The van der Waals surface area contributed by atoms with Gasteiger partial charge in [0, 0.05) is 17.3 Å². The lowest BCUT2D eigenvalue weighted by Gasteiger charge is -2.22. The highest BCUT2D eigenvalue weighted by Gasteiger charge is 2.26. The predicted octanol–water partition coefficient (Wildman–Crippen LogP) is 1.33. The largest absolute Gasteiger partial charge is 0.358 e. The summed E-state index contributed by atoms with van der Waals surface area (Å²) in [4.78, 5) is 26.2. The minimum atomic E-state index is -0.579. The maximum absolute atomic E-state index is 13.4. The van der Waals surface area contributed by atoms with Crippen molar-refractivity contribution in [3.8, 4) is 0 Å². The van der Waals surface area contributed by atoms with Crippen molar-refractivity contribution in [3.05, 3.63) is 23.6 Å². The van der Waals surface area contributed by atoms with E-state index < -0.39 is 17.9 Å². The first-order valence-electron chi connectivity index (χ1n) is 5.42. The molecular weight excluding hydrogens is 305 g/mol. The molecule has 0 bridgehead atoms. The van der Waals surface area contributed by atoms with Gasteiger partial charge in [-0.15, -0.1) is 0 Å². The first-order chi connectivity index (χ1) is 8.60. The third-order valence-corrected chi connectivity index (χ3v) is 3.24. The molecule has 1 saturated heterocycles. The normalized spacial score (nSPS) is 19.6. The molecule has 0 radical (unpaired) electrons. The third-order valence-electron chi connectivity index (χ3n) is 2.63. The Morgan fingerprint density at radius 2 is 2.28 bits per heavy atom. The molecule has 0 spiro atoms. The van der Waals surface area contributed by atoms with E-state index in [9.17, 15) is 14.0 Å². The monoisotopic (exact) mass is 315 g/mol. The van der Waals surface area contributed by atoms with Gasteiger partial charge in [-0.25, -0.2) is 4.98 Å². The minimum absolute atomic E-state index is 0.269. The van der Waals surface area contributed by atoms with Gasteiger partial charge in [0.15, 0.2) is 0 Å². The van der Waals surface area contributed by atoms with Crippen molar-refractivity contribution >= 4 is 33.6 Å². The number of anilines is 1. The number of nitrogens with one attached hydrogen (secondary N) is 2. The fraction of sp³-hybridized carbons (Fsp3) is 0.364. The van der Waals surface area contributed by atoms with Crippen LogP contribution in [0.25, 0.3) is 0 Å². The van der Waals surface area contributed by atoms with Gasteiger partial charge in [0.05, 0.1) is 0 Å². The van der Waals surface area contributed by atoms with Gasteiger partial charge in [-0.3, -0.25) is 14.9 Å². The second-order valence-corrected chi connectivity index (χ2v) is 4.49. The summed E-state index contributed by atoms with van der Waals surface area (Å²) in [5, 5.41) is 5.41. The van der Waals surface area contributed by atoms with Crippen LogP contribution >= 0.6 is 15.9 Å². The molecule has 1 aromatic rings. The number of halogens is 2. The number of aromatic nitrogens is 1. The van der Waals surface area contributed by atoms with Crippen LogP contribution in [-0.2, 0) is 14.9 Å². The molecule has 7 heteroatoms. The maximum Gasteiger partial charge on any atom is 0.249 e. The fourth-order valence-corrected chi connectivity index (χ4v) is 2.07. The SMILES string of the molecule is O=C1CCC(Nc2ccc(CBr)c(F)n2)C(=O)N1. The number of hydrogen-bond donors (Lipinski definition) is 2. The van der Waals surface area contributed by atoms with Gasteiger partial charge in [0.25, 0.3) is 0 Å². The Labute approximate surface area is 111 Å². The van der Waals surface area contributed by atoms with Crippen LogP contribution in [0.4, 0.5) is 10.2 Å². The van der Waals surface area contributed by atoms with E-state index in [1.165, 1.54) is 0 Å².